The Morgan fingerprint density at radius 3 is 2.79 bits per heavy atom. The van der Waals surface area contributed by atoms with Crippen molar-refractivity contribution in [3.8, 4) is 11.3 Å². The Balaban J connectivity index is 1.49. The summed E-state index contributed by atoms with van der Waals surface area (Å²) in [6.07, 6.45) is 3.35. The van der Waals surface area contributed by atoms with Gasteiger partial charge in [0.25, 0.3) is 5.91 Å². The highest BCUT2D eigenvalue weighted by Gasteiger charge is 2.18. The van der Waals surface area contributed by atoms with Crippen LogP contribution in [-0.4, -0.2) is 51.6 Å². The van der Waals surface area contributed by atoms with Crippen molar-refractivity contribution in [1.29, 1.82) is 0 Å². The van der Waals surface area contributed by atoms with Gasteiger partial charge in [-0.15, -0.1) is 5.10 Å². The zero-order valence-corrected chi connectivity index (χ0v) is 15.7. The van der Waals surface area contributed by atoms with E-state index in [0.29, 0.717) is 31.9 Å². The number of furan rings is 1. The van der Waals surface area contributed by atoms with Crippen molar-refractivity contribution in [1.82, 2.24) is 19.5 Å². The van der Waals surface area contributed by atoms with Crippen LogP contribution in [0.15, 0.2) is 65.4 Å². The summed E-state index contributed by atoms with van der Waals surface area (Å²) in [5, 5.41) is 11.4. The van der Waals surface area contributed by atoms with Gasteiger partial charge in [-0.05, 0) is 36.4 Å². The second kappa shape index (κ2) is 7.31. The molecule has 0 saturated carbocycles. The molecule has 0 spiro atoms. The average Bonchev–Trinajstić information content (AvgIpc) is 3.42. The monoisotopic (exact) mass is 388 g/mol. The minimum absolute atomic E-state index is 0.125. The topological polar surface area (TPSA) is 87.7 Å². The second-order valence-electron chi connectivity index (χ2n) is 6.84. The molecule has 5 rings (SSSR count). The highest BCUT2D eigenvalue weighted by Crippen LogP contribution is 2.24. The van der Waals surface area contributed by atoms with E-state index in [2.05, 4.69) is 26.8 Å². The van der Waals surface area contributed by atoms with E-state index in [0.717, 1.165) is 28.4 Å². The van der Waals surface area contributed by atoms with Gasteiger partial charge in [0, 0.05) is 37.4 Å². The number of aromatic nitrogens is 3. The molecule has 1 amide bonds. The molecule has 146 valence electrons. The Kier molecular flexibility index (Phi) is 4.36. The Labute approximate surface area is 167 Å². The first-order valence-electron chi connectivity index (χ1n) is 9.54. The van der Waals surface area contributed by atoms with Gasteiger partial charge in [0.05, 0.1) is 18.2 Å². The fraction of sp³-hybridized carbons (Fsp3) is 0.190. The zero-order chi connectivity index (χ0) is 19.6. The molecular weight excluding hydrogens is 368 g/mol. The highest BCUT2D eigenvalue weighted by molar-refractivity contribution is 5.91. The lowest BCUT2D eigenvalue weighted by atomic mass is 10.1. The number of nitrogens with zero attached hydrogens (tertiary/aromatic N) is 4. The molecule has 0 saturated heterocycles. The molecule has 0 radical (unpaired) electrons. The standard InChI is InChI=1S/C21H20N6O2/c28-21(18-5-2-12-29-18)26-10-8-22-16-4-1-3-15(13-16)17-14-24-20-7-6-19(23-9-11-26)25-27(17)20/h1-7,12-14,22H,8-11H2,(H,23,25). The SMILES string of the molecule is O=C(c1ccco1)N1CCNc2cccc(c2)-c2cnc3ccc(nn23)NCC1. The van der Waals surface area contributed by atoms with E-state index in [1.807, 2.05) is 41.0 Å². The summed E-state index contributed by atoms with van der Waals surface area (Å²) in [6.45, 7) is 2.27. The smallest absolute Gasteiger partial charge is 0.289 e. The lowest BCUT2D eigenvalue weighted by molar-refractivity contribution is 0.0736. The van der Waals surface area contributed by atoms with Gasteiger partial charge in [-0.2, -0.15) is 0 Å². The molecule has 2 N–H and O–H groups in total. The normalized spacial score (nSPS) is 14.3. The van der Waals surface area contributed by atoms with Crippen molar-refractivity contribution >= 4 is 23.1 Å². The summed E-state index contributed by atoms with van der Waals surface area (Å²) in [5.74, 6) is 0.948. The Morgan fingerprint density at radius 1 is 1.03 bits per heavy atom. The third-order valence-electron chi connectivity index (χ3n) is 4.94. The van der Waals surface area contributed by atoms with Crippen molar-refractivity contribution in [2.75, 3.05) is 36.8 Å². The molecule has 8 nitrogen and oxygen atoms in total. The Morgan fingerprint density at radius 2 is 1.93 bits per heavy atom. The number of carbonyl (C=O) groups excluding carboxylic acids is 1. The van der Waals surface area contributed by atoms with Crippen LogP contribution < -0.4 is 10.6 Å². The van der Waals surface area contributed by atoms with Crippen LogP contribution in [0.5, 0.6) is 0 Å². The molecular formula is C21H20N6O2. The van der Waals surface area contributed by atoms with Crippen molar-refractivity contribution in [2.45, 2.75) is 0 Å². The van der Waals surface area contributed by atoms with E-state index in [-0.39, 0.29) is 5.91 Å². The highest BCUT2D eigenvalue weighted by atomic mass is 16.3. The number of carbonyl (C=O) groups is 1. The van der Waals surface area contributed by atoms with Crippen LogP contribution in [0.4, 0.5) is 11.5 Å². The summed E-state index contributed by atoms with van der Waals surface area (Å²) in [7, 11) is 0. The number of fused-ring (bicyclic) bond motifs is 4. The summed E-state index contributed by atoms with van der Waals surface area (Å²) in [4.78, 5) is 19.0. The number of hydrogen-bond acceptors (Lipinski definition) is 6. The molecule has 0 unspecified atom stereocenters. The first kappa shape index (κ1) is 17.3. The molecule has 0 atom stereocenters. The molecule has 1 aliphatic rings. The van der Waals surface area contributed by atoms with Gasteiger partial charge >= 0.3 is 0 Å². The van der Waals surface area contributed by atoms with Crippen molar-refractivity contribution < 1.29 is 9.21 Å². The van der Waals surface area contributed by atoms with E-state index in [1.54, 1.807) is 17.0 Å². The molecule has 4 heterocycles. The lowest BCUT2D eigenvalue weighted by Crippen LogP contribution is -2.38. The number of amides is 1. The summed E-state index contributed by atoms with van der Waals surface area (Å²) < 4.78 is 7.13. The van der Waals surface area contributed by atoms with Gasteiger partial charge in [0.15, 0.2) is 11.4 Å². The number of anilines is 2. The molecule has 3 aromatic heterocycles. The fourth-order valence-corrected chi connectivity index (χ4v) is 3.48. The minimum atomic E-state index is -0.125. The predicted molar refractivity (Wildman–Crippen MR) is 110 cm³/mol. The maximum atomic E-state index is 12.8. The second-order valence-corrected chi connectivity index (χ2v) is 6.84. The van der Waals surface area contributed by atoms with Crippen LogP contribution in [0.1, 0.15) is 10.6 Å². The van der Waals surface area contributed by atoms with E-state index in [1.165, 1.54) is 6.26 Å². The van der Waals surface area contributed by atoms with Crippen molar-refractivity contribution in [3.63, 3.8) is 0 Å². The molecule has 0 aliphatic carbocycles. The van der Waals surface area contributed by atoms with Gasteiger partial charge in [-0.1, -0.05) is 12.1 Å². The lowest BCUT2D eigenvalue weighted by Gasteiger charge is -2.23. The van der Waals surface area contributed by atoms with Crippen molar-refractivity contribution in [2.24, 2.45) is 0 Å². The van der Waals surface area contributed by atoms with Gasteiger partial charge < -0.3 is 20.0 Å². The maximum Gasteiger partial charge on any atom is 0.289 e. The van der Waals surface area contributed by atoms with Gasteiger partial charge in [0.2, 0.25) is 0 Å². The molecule has 8 heteroatoms. The zero-order valence-electron chi connectivity index (χ0n) is 15.7. The maximum absolute atomic E-state index is 12.8. The third-order valence-corrected chi connectivity index (χ3v) is 4.94. The van der Waals surface area contributed by atoms with E-state index in [4.69, 9.17) is 4.42 Å². The summed E-state index contributed by atoms with van der Waals surface area (Å²) >= 11 is 0. The first-order chi connectivity index (χ1) is 14.3. The van der Waals surface area contributed by atoms with E-state index >= 15 is 0 Å². The number of hydrogen-bond donors (Lipinski definition) is 2. The number of nitrogens with one attached hydrogen (secondary N) is 2. The largest absolute Gasteiger partial charge is 0.459 e. The van der Waals surface area contributed by atoms with Crippen LogP contribution in [0.25, 0.3) is 16.9 Å². The molecule has 29 heavy (non-hydrogen) atoms. The molecule has 0 fully saturated rings. The third kappa shape index (κ3) is 3.40. The van der Waals surface area contributed by atoms with Gasteiger partial charge in [-0.3, -0.25) is 4.79 Å². The fourth-order valence-electron chi connectivity index (χ4n) is 3.48. The number of imidazole rings is 1. The number of benzene rings is 1. The predicted octanol–water partition coefficient (Wildman–Crippen LogP) is 2.97. The van der Waals surface area contributed by atoms with Crippen LogP contribution in [-0.2, 0) is 0 Å². The minimum Gasteiger partial charge on any atom is -0.459 e. The van der Waals surface area contributed by atoms with Crippen LogP contribution in [0, 0.1) is 0 Å². The first-order valence-corrected chi connectivity index (χ1v) is 9.54. The molecule has 4 bridgehead atoms. The summed E-state index contributed by atoms with van der Waals surface area (Å²) in [6, 6.07) is 15.3. The van der Waals surface area contributed by atoms with E-state index in [9.17, 15) is 4.79 Å². The molecule has 4 aromatic rings. The Hall–Kier alpha value is -3.81. The van der Waals surface area contributed by atoms with Crippen LogP contribution in [0.2, 0.25) is 0 Å². The van der Waals surface area contributed by atoms with Gasteiger partial charge in [0.1, 0.15) is 5.82 Å². The average molecular weight is 388 g/mol. The van der Waals surface area contributed by atoms with Crippen LogP contribution in [0.3, 0.4) is 0 Å². The Bertz CT molecular complexity index is 1150. The van der Waals surface area contributed by atoms with Crippen LogP contribution >= 0.6 is 0 Å². The van der Waals surface area contributed by atoms with E-state index < -0.39 is 0 Å². The van der Waals surface area contributed by atoms with Crippen molar-refractivity contribution in [3.05, 3.63) is 66.8 Å². The summed E-state index contributed by atoms with van der Waals surface area (Å²) in [5.41, 5.74) is 3.71. The van der Waals surface area contributed by atoms with Gasteiger partial charge in [-0.25, -0.2) is 9.50 Å². The molecule has 1 aliphatic heterocycles. The number of rotatable bonds is 1. The molecule has 1 aromatic carbocycles. The quantitative estimate of drug-likeness (QED) is 0.521.